The summed E-state index contributed by atoms with van der Waals surface area (Å²) >= 11 is 0. The summed E-state index contributed by atoms with van der Waals surface area (Å²) in [4.78, 5) is 17.3. The van der Waals surface area contributed by atoms with E-state index in [1.54, 1.807) is 0 Å². The molecule has 1 amide bonds. The van der Waals surface area contributed by atoms with Crippen molar-refractivity contribution in [3.63, 3.8) is 0 Å². The second-order valence-electron chi connectivity index (χ2n) is 7.08. The SMILES string of the molecule is CN(C(=O)C1CN(C2CCNCC2)CCO1)C1CCCCC1. The van der Waals surface area contributed by atoms with Gasteiger partial charge in [-0.2, -0.15) is 0 Å². The molecule has 1 saturated carbocycles. The Morgan fingerprint density at radius 1 is 1.14 bits per heavy atom. The third-order valence-electron chi connectivity index (χ3n) is 5.67. The summed E-state index contributed by atoms with van der Waals surface area (Å²) in [6, 6.07) is 1.06. The first-order valence-electron chi connectivity index (χ1n) is 9.09. The van der Waals surface area contributed by atoms with Crippen LogP contribution < -0.4 is 5.32 Å². The molecular weight excluding hydrogens is 278 g/mol. The highest BCUT2D eigenvalue weighted by Crippen LogP contribution is 2.23. The molecule has 2 aliphatic heterocycles. The summed E-state index contributed by atoms with van der Waals surface area (Å²) < 4.78 is 5.82. The van der Waals surface area contributed by atoms with Gasteiger partial charge in [0, 0.05) is 32.2 Å². The van der Waals surface area contributed by atoms with Crippen molar-refractivity contribution >= 4 is 5.91 Å². The van der Waals surface area contributed by atoms with Gasteiger partial charge in [0.05, 0.1) is 6.61 Å². The van der Waals surface area contributed by atoms with Crippen LogP contribution in [-0.4, -0.2) is 73.7 Å². The molecule has 3 rings (SSSR count). The largest absolute Gasteiger partial charge is 0.366 e. The molecule has 1 atom stereocenters. The maximum absolute atomic E-state index is 12.8. The molecule has 2 heterocycles. The van der Waals surface area contributed by atoms with E-state index in [1.807, 2.05) is 11.9 Å². The molecule has 3 fully saturated rings. The van der Waals surface area contributed by atoms with Crippen molar-refractivity contribution in [2.45, 2.75) is 63.1 Å². The van der Waals surface area contributed by atoms with Crippen LogP contribution in [0.3, 0.4) is 0 Å². The van der Waals surface area contributed by atoms with E-state index in [4.69, 9.17) is 4.74 Å². The normalized spacial score (nSPS) is 29.4. The zero-order valence-electron chi connectivity index (χ0n) is 13.9. The van der Waals surface area contributed by atoms with Gasteiger partial charge >= 0.3 is 0 Å². The van der Waals surface area contributed by atoms with Crippen LogP contribution in [0.1, 0.15) is 44.9 Å². The molecule has 0 spiro atoms. The van der Waals surface area contributed by atoms with Crippen molar-refractivity contribution in [2.24, 2.45) is 0 Å². The molecule has 126 valence electrons. The second-order valence-corrected chi connectivity index (χ2v) is 7.08. The number of carbonyl (C=O) groups is 1. The molecule has 5 heteroatoms. The fraction of sp³-hybridized carbons (Fsp3) is 0.941. The van der Waals surface area contributed by atoms with Gasteiger partial charge < -0.3 is 15.0 Å². The maximum atomic E-state index is 12.8. The molecule has 0 aromatic carbocycles. The first-order chi connectivity index (χ1) is 10.8. The summed E-state index contributed by atoms with van der Waals surface area (Å²) in [6.45, 7) is 4.65. The van der Waals surface area contributed by atoms with Gasteiger partial charge in [0.1, 0.15) is 6.10 Å². The van der Waals surface area contributed by atoms with E-state index in [-0.39, 0.29) is 12.0 Å². The number of piperidine rings is 1. The first kappa shape index (κ1) is 16.2. The zero-order chi connectivity index (χ0) is 15.4. The van der Waals surface area contributed by atoms with Crippen LogP contribution in [0.5, 0.6) is 0 Å². The smallest absolute Gasteiger partial charge is 0.253 e. The molecule has 1 unspecified atom stereocenters. The Morgan fingerprint density at radius 3 is 2.59 bits per heavy atom. The van der Waals surface area contributed by atoms with Crippen molar-refractivity contribution in [2.75, 3.05) is 39.8 Å². The highest BCUT2D eigenvalue weighted by atomic mass is 16.5. The Kier molecular flexibility index (Phi) is 5.71. The van der Waals surface area contributed by atoms with Gasteiger partial charge in [-0.15, -0.1) is 0 Å². The molecule has 5 nitrogen and oxygen atoms in total. The van der Waals surface area contributed by atoms with Crippen LogP contribution in [-0.2, 0) is 9.53 Å². The molecule has 0 bridgehead atoms. The van der Waals surface area contributed by atoms with Crippen LogP contribution in [0.25, 0.3) is 0 Å². The summed E-state index contributed by atoms with van der Waals surface area (Å²) in [5.74, 6) is 0.200. The van der Waals surface area contributed by atoms with Crippen LogP contribution in [0, 0.1) is 0 Å². The first-order valence-corrected chi connectivity index (χ1v) is 9.09. The van der Waals surface area contributed by atoms with Crippen LogP contribution in [0.4, 0.5) is 0 Å². The van der Waals surface area contributed by atoms with Crippen molar-refractivity contribution in [3.05, 3.63) is 0 Å². The predicted octanol–water partition coefficient (Wildman–Crippen LogP) is 1.23. The molecule has 0 radical (unpaired) electrons. The molecule has 0 aromatic rings. The third-order valence-corrected chi connectivity index (χ3v) is 5.67. The average molecular weight is 309 g/mol. The number of likely N-dealkylation sites (N-methyl/N-ethyl adjacent to an activating group) is 1. The van der Waals surface area contributed by atoms with E-state index >= 15 is 0 Å². The number of nitrogens with zero attached hydrogens (tertiary/aromatic N) is 2. The topological polar surface area (TPSA) is 44.8 Å². The van der Waals surface area contributed by atoms with E-state index in [0.29, 0.717) is 18.7 Å². The Labute approximate surface area is 134 Å². The maximum Gasteiger partial charge on any atom is 0.253 e. The van der Waals surface area contributed by atoms with Gasteiger partial charge in [-0.25, -0.2) is 0 Å². The molecular formula is C17H31N3O2. The number of hydrogen-bond acceptors (Lipinski definition) is 4. The van der Waals surface area contributed by atoms with Crippen LogP contribution >= 0.6 is 0 Å². The number of amides is 1. The Bertz CT molecular complexity index is 365. The lowest BCUT2D eigenvalue weighted by Crippen LogP contribution is -2.56. The lowest BCUT2D eigenvalue weighted by atomic mass is 9.94. The zero-order valence-corrected chi connectivity index (χ0v) is 13.9. The van der Waals surface area contributed by atoms with Gasteiger partial charge in [0.2, 0.25) is 0 Å². The Hall–Kier alpha value is -0.650. The van der Waals surface area contributed by atoms with Crippen LogP contribution in [0.15, 0.2) is 0 Å². The van der Waals surface area contributed by atoms with Gasteiger partial charge in [-0.3, -0.25) is 9.69 Å². The van der Waals surface area contributed by atoms with E-state index in [2.05, 4.69) is 10.2 Å². The Morgan fingerprint density at radius 2 is 1.86 bits per heavy atom. The van der Waals surface area contributed by atoms with E-state index in [9.17, 15) is 4.79 Å². The number of carbonyl (C=O) groups excluding carboxylic acids is 1. The number of hydrogen-bond donors (Lipinski definition) is 1. The van der Waals surface area contributed by atoms with Crippen molar-refractivity contribution in [3.8, 4) is 0 Å². The molecule has 1 N–H and O–H groups in total. The van der Waals surface area contributed by atoms with E-state index in [1.165, 1.54) is 32.1 Å². The second kappa shape index (κ2) is 7.75. The summed E-state index contributed by atoms with van der Waals surface area (Å²) in [7, 11) is 1.98. The number of morpholine rings is 1. The fourth-order valence-corrected chi connectivity index (χ4v) is 4.20. The van der Waals surface area contributed by atoms with Gasteiger partial charge in [0.25, 0.3) is 5.91 Å². The average Bonchev–Trinajstić information content (AvgIpc) is 2.62. The molecule has 2 saturated heterocycles. The van der Waals surface area contributed by atoms with E-state index < -0.39 is 0 Å². The summed E-state index contributed by atoms with van der Waals surface area (Å²) in [6.07, 6.45) is 8.29. The van der Waals surface area contributed by atoms with E-state index in [0.717, 1.165) is 39.0 Å². The molecule has 22 heavy (non-hydrogen) atoms. The minimum absolute atomic E-state index is 0.200. The predicted molar refractivity (Wildman–Crippen MR) is 86.8 cm³/mol. The highest BCUT2D eigenvalue weighted by molar-refractivity contribution is 5.81. The Balaban J connectivity index is 1.54. The molecule has 3 aliphatic rings. The number of nitrogens with one attached hydrogen (secondary N) is 1. The van der Waals surface area contributed by atoms with Gasteiger partial charge in [-0.05, 0) is 38.8 Å². The number of ether oxygens (including phenoxy) is 1. The molecule has 1 aliphatic carbocycles. The highest BCUT2D eigenvalue weighted by Gasteiger charge is 2.34. The summed E-state index contributed by atoms with van der Waals surface area (Å²) in [5.41, 5.74) is 0. The number of rotatable bonds is 3. The minimum Gasteiger partial charge on any atom is -0.366 e. The van der Waals surface area contributed by atoms with Crippen molar-refractivity contribution in [1.29, 1.82) is 0 Å². The minimum atomic E-state index is -0.254. The summed E-state index contributed by atoms with van der Waals surface area (Å²) in [5, 5.41) is 3.42. The van der Waals surface area contributed by atoms with Crippen LogP contribution in [0.2, 0.25) is 0 Å². The standard InChI is InChI=1S/C17H31N3O2/c1-19(14-5-3-2-4-6-14)17(21)16-13-20(11-12-22-16)15-7-9-18-10-8-15/h14-16,18H,2-13H2,1H3. The van der Waals surface area contributed by atoms with Crippen molar-refractivity contribution < 1.29 is 9.53 Å². The quantitative estimate of drug-likeness (QED) is 0.852. The monoisotopic (exact) mass is 309 g/mol. The van der Waals surface area contributed by atoms with Gasteiger partial charge in [-0.1, -0.05) is 19.3 Å². The van der Waals surface area contributed by atoms with Crippen molar-refractivity contribution in [1.82, 2.24) is 15.1 Å². The fourth-order valence-electron chi connectivity index (χ4n) is 4.20. The third kappa shape index (κ3) is 3.81. The lowest BCUT2D eigenvalue weighted by molar-refractivity contribution is -0.152. The van der Waals surface area contributed by atoms with Gasteiger partial charge in [0.15, 0.2) is 0 Å². The lowest BCUT2D eigenvalue weighted by Gasteiger charge is -2.41. The molecule has 0 aromatic heterocycles.